The average molecular weight is 478 g/mol. The molecule has 1 fully saturated rings. The third-order valence-electron chi connectivity index (χ3n) is 6.47. The van der Waals surface area contributed by atoms with E-state index in [-0.39, 0.29) is 10.6 Å². The third-order valence-corrected chi connectivity index (χ3v) is 6.80. The van der Waals surface area contributed by atoms with Crippen LogP contribution in [0.3, 0.4) is 0 Å². The molecule has 0 N–H and O–H groups in total. The Morgan fingerprint density at radius 1 is 1.15 bits per heavy atom. The molecular weight excluding hydrogens is 451 g/mol. The zero-order valence-corrected chi connectivity index (χ0v) is 19.7. The maximum Gasteiger partial charge on any atom is 0.417 e. The molecule has 0 spiro atoms. The van der Waals surface area contributed by atoms with Gasteiger partial charge >= 0.3 is 6.18 Å². The molecule has 0 bridgehead atoms. The van der Waals surface area contributed by atoms with Crippen molar-refractivity contribution >= 4 is 22.5 Å². The van der Waals surface area contributed by atoms with E-state index in [0.717, 1.165) is 32.0 Å². The van der Waals surface area contributed by atoms with E-state index in [0.29, 0.717) is 46.4 Å². The Kier molecular flexibility index (Phi) is 6.56. The SMILES string of the molecule is Cc1nc2ccc(-c3ccc(Cl)c(C(F)(F)F)c3)cc2c(=O)n1C[C@H]1CCCN(C(C)C)C1. The lowest BCUT2D eigenvalue weighted by Gasteiger charge is -2.35. The third kappa shape index (κ3) is 4.94. The van der Waals surface area contributed by atoms with Crippen LogP contribution < -0.4 is 5.56 Å². The van der Waals surface area contributed by atoms with Crippen LogP contribution >= 0.6 is 11.6 Å². The zero-order chi connectivity index (χ0) is 23.9. The van der Waals surface area contributed by atoms with Crippen LogP contribution in [0.2, 0.25) is 5.02 Å². The fraction of sp³-hybridized carbons (Fsp3) is 0.440. The molecule has 8 heteroatoms. The number of hydrogen-bond donors (Lipinski definition) is 0. The number of piperidine rings is 1. The first-order valence-electron chi connectivity index (χ1n) is 11.2. The van der Waals surface area contributed by atoms with Gasteiger partial charge in [0.25, 0.3) is 5.56 Å². The number of likely N-dealkylation sites (tertiary alicyclic amines) is 1. The second-order valence-corrected chi connectivity index (χ2v) is 9.50. The molecule has 1 atom stereocenters. The molecule has 2 aromatic carbocycles. The molecule has 1 saturated heterocycles. The van der Waals surface area contributed by atoms with Crippen molar-refractivity contribution in [1.29, 1.82) is 0 Å². The first-order chi connectivity index (χ1) is 15.5. The summed E-state index contributed by atoms with van der Waals surface area (Å²) in [5.41, 5.74) is 0.344. The van der Waals surface area contributed by atoms with E-state index in [1.54, 1.807) is 22.8 Å². The molecule has 33 heavy (non-hydrogen) atoms. The lowest BCUT2D eigenvalue weighted by atomic mass is 9.96. The number of benzene rings is 2. The van der Waals surface area contributed by atoms with Crippen LogP contribution in [-0.2, 0) is 12.7 Å². The van der Waals surface area contributed by atoms with E-state index in [2.05, 4.69) is 23.7 Å². The Balaban J connectivity index is 1.72. The van der Waals surface area contributed by atoms with Crippen molar-refractivity contribution in [2.45, 2.75) is 52.4 Å². The monoisotopic (exact) mass is 477 g/mol. The Labute approximate surface area is 196 Å². The number of nitrogens with zero attached hydrogens (tertiary/aromatic N) is 3. The second-order valence-electron chi connectivity index (χ2n) is 9.10. The summed E-state index contributed by atoms with van der Waals surface area (Å²) in [5, 5.41) is 0.0488. The van der Waals surface area contributed by atoms with Crippen LogP contribution in [0.1, 0.15) is 38.1 Å². The van der Waals surface area contributed by atoms with Crippen LogP contribution in [0.5, 0.6) is 0 Å². The van der Waals surface area contributed by atoms with Crippen LogP contribution in [0.25, 0.3) is 22.0 Å². The first-order valence-corrected chi connectivity index (χ1v) is 11.5. The molecule has 0 radical (unpaired) electrons. The smallest absolute Gasteiger partial charge is 0.301 e. The second kappa shape index (κ2) is 9.11. The van der Waals surface area contributed by atoms with Crippen molar-refractivity contribution < 1.29 is 13.2 Å². The molecule has 0 aliphatic carbocycles. The fourth-order valence-corrected chi connectivity index (χ4v) is 4.85. The Morgan fingerprint density at radius 3 is 2.55 bits per heavy atom. The average Bonchev–Trinajstić information content (AvgIpc) is 2.76. The van der Waals surface area contributed by atoms with Crippen molar-refractivity contribution in [3.63, 3.8) is 0 Å². The summed E-state index contributed by atoms with van der Waals surface area (Å²) in [7, 11) is 0. The number of hydrogen-bond acceptors (Lipinski definition) is 3. The van der Waals surface area contributed by atoms with E-state index in [4.69, 9.17) is 11.6 Å². The van der Waals surface area contributed by atoms with Crippen molar-refractivity contribution in [2.24, 2.45) is 5.92 Å². The van der Waals surface area contributed by atoms with Crippen LogP contribution in [0.4, 0.5) is 13.2 Å². The van der Waals surface area contributed by atoms with Crippen LogP contribution in [-0.4, -0.2) is 33.6 Å². The molecule has 1 aliphatic heterocycles. The molecular formula is C25H27ClF3N3O. The van der Waals surface area contributed by atoms with Crippen molar-refractivity contribution in [3.05, 3.63) is 63.2 Å². The molecule has 4 rings (SSSR count). The van der Waals surface area contributed by atoms with Gasteiger partial charge in [0, 0.05) is 19.1 Å². The quantitative estimate of drug-likeness (QED) is 0.451. The zero-order valence-electron chi connectivity index (χ0n) is 18.9. The highest BCUT2D eigenvalue weighted by Crippen LogP contribution is 2.37. The van der Waals surface area contributed by atoms with Crippen molar-refractivity contribution in [3.8, 4) is 11.1 Å². The van der Waals surface area contributed by atoms with Crippen molar-refractivity contribution in [1.82, 2.24) is 14.5 Å². The first kappa shape index (κ1) is 23.8. The molecule has 176 valence electrons. The fourth-order valence-electron chi connectivity index (χ4n) is 4.62. The van der Waals surface area contributed by atoms with Gasteiger partial charge in [-0.1, -0.05) is 23.7 Å². The number of alkyl halides is 3. The molecule has 0 amide bonds. The van der Waals surface area contributed by atoms with E-state index >= 15 is 0 Å². The molecule has 0 unspecified atom stereocenters. The lowest BCUT2D eigenvalue weighted by Crippen LogP contribution is -2.42. The minimum atomic E-state index is -4.56. The summed E-state index contributed by atoms with van der Waals surface area (Å²) in [6.07, 6.45) is -2.41. The molecule has 1 aliphatic rings. The molecule has 2 heterocycles. The number of rotatable bonds is 4. The lowest BCUT2D eigenvalue weighted by molar-refractivity contribution is -0.137. The van der Waals surface area contributed by atoms with Gasteiger partial charge in [-0.25, -0.2) is 4.98 Å². The number of fused-ring (bicyclic) bond motifs is 1. The van der Waals surface area contributed by atoms with Gasteiger partial charge in [0.05, 0.1) is 21.5 Å². The minimum Gasteiger partial charge on any atom is -0.301 e. The maximum absolute atomic E-state index is 13.4. The van der Waals surface area contributed by atoms with Gasteiger partial charge in [-0.15, -0.1) is 0 Å². The van der Waals surface area contributed by atoms with Gasteiger partial charge < -0.3 is 4.90 Å². The van der Waals surface area contributed by atoms with Gasteiger partial charge in [-0.3, -0.25) is 9.36 Å². The van der Waals surface area contributed by atoms with Gasteiger partial charge in [0.2, 0.25) is 0 Å². The highest BCUT2D eigenvalue weighted by molar-refractivity contribution is 6.31. The predicted molar refractivity (Wildman–Crippen MR) is 126 cm³/mol. The summed E-state index contributed by atoms with van der Waals surface area (Å²) in [5.74, 6) is 0.998. The van der Waals surface area contributed by atoms with Gasteiger partial charge in [0.15, 0.2) is 0 Å². The number of halogens is 4. The molecule has 1 aromatic heterocycles. The van der Waals surface area contributed by atoms with Gasteiger partial charge in [-0.2, -0.15) is 13.2 Å². The Hall–Kier alpha value is -2.38. The van der Waals surface area contributed by atoms with E-state index in [1.165, 1.54) is 12.1 Å². The van der Waals surface area contributed by atoms with Gasteiger partial charge in [0.1, 0.15) is 5.82 Å². The Morgan fingerprint density at radius 2 is 1.85 bits per heavy atom. The highest BCUT2D eigenvalue weighted by Gasteiger charge is 2.33. The molecule has 0 saturated carbocycles. The standard InChI is InChI=1S/C25H27ClF3N3O/c1-15(2)31-10-4-5-17(13-31)14-32-16(3)30-23-9-7-18(11-20(23)24(32)33)19-6-8-22(26)21(12-19)25(27,28)29/h6-9,11-12,15,17H,4-5,10,13-14H2,1-3H3/t17-/m0/s1. The van der Waals surface area contributed by atoms with Crippen LogP contribution in [0.15, 0.2) is 41.2 Å². The molecule has 4 nitrogen and oxygen atoms in total. The van der Waals surface area contributed by atoms with Gasteiger partial charge in [-0.05, 0) is 81.5 Å². The highest BCUT2D eigenvalue weighted by atomic mass is 35.5. The number of aryl methyl sites for hydroxylation is 1. The maximum atomic E-state index is 13.4. The van der Waals surface area contributed by atoms with E-state index < -0.39 is 11.7 Å². The summed E-state index contributed by atoms with van der Waals surface area (Å²) in [6, 6.07) is 9.25. The van der Waals surface area contributed by atoms with E-state index in [9.17, 15) is 18.0 Å². The van der Waals surface area contributed by atoms with Crippen molar-refractivity contribution in [2.75, 3.05) is 13.1 Å². The minimum absolute atomic E-state index is 0.161. The largest absolute Gasteiger partial charge is 0.417 e. The summed E-state index contributed by atoms with van der Waals surface area (Å²) in [6.45, 7) is 8.78. The van der Waals surface area contributed by atoms with E-state index in [1.807, 2.05) is 6.92 Å². The van der Waals surface area contributed by atoms with Crippen LogP contribution in [0, 0.1) is 12.8 Å². The summed E-state index contributed by atoms with van der Waals surface area (Å²) >= 11 is 5.76. The molecule has 3 aromatic rings. The summed E-state index contributed by atoms with van der Waals surface area (Å²) < 4.78 is 41.6. The Bertz CT molecular complexity index is 1240. The summed E-state index contributed by atoms with van der Waals surface area (Å²) in [4.78, 5) is 20.5. The normalized spacial score (nSPS) is 17.8. The number of aromatic nitrogens is 2. The predicted octanol–water partition coefficient (Wildman–Crippen LogP) is 6.16. The topological polar surface area (TPSA) is 38.1 Å².